The smallest absolute Gasteiger partial charge is 0.347 e. The van der Waals surface area contributed by atoms with E-state index in [0.29, 0.717) is 12.4 Å². The molecule has 1 heterocycles. The molecule has 5 nitrogen and oxygen atoms in total. The molecule has 0 aliphatic rings. The summed E-state index contributed by atoms with van der Waals surface area (Å²) in [6, 6.07) is 16.3. The van der Waals surface area contributed by atoms with E-state index < -0.39 is 6.10 Å². The van der Waals surface area contributed by atoms with Gasteiger partial charge in [-0.3, -0.25) is 0 Å². The molecule has 216 valence electrons. The Morgan fingerprint density at radius 3 is 1.82 bits per heavy atom. The van der Waals surface area contributed by atoms with Gasteiger partial charge in [-0.05, 0) is 49.4 Å². The van der Waals surface area contributed by atoms with Crippen LogP contribution in [-0.4, -0.2) is 28.6 Å². The molecule has 0 amide bonds. The van der Waals surface area contributed by atoms with Crippen LogP contribution in [-0.2, 0) is 16.0 Å². The highest BCUT2D eigenvalue weighted by atomic mass is 16.6. The van der Waals surface area contributed by atoms with Gasteiger partial charge in [0.05, 0.1) is 6.61 Å². The van der Waals surface area contributed by atoms with E-state index in [-0.39, 0.29) is 5.97 Å². The van der Waals surface area contributed by atoms with Crippen molar-refractivity contribution >= 4 is 5.97 Å². The fourth-order valence-electron chi connectivity index (χ4n) is 4.68. The quantitative estimate of drug-likeness (QED) is 0.111. The number of benzene rings is 2. The molecule has 0 saturated carbocycles. The van der Waals surface area contributed by atoms with Gasteiger partial charge in [-0.1, -0.05) is 114 Å². The molecule has 1 aromatic heterocycles. The Morgan fingerprint density at radius 1 is 0.675 bits per heavy atom. The second-order valence-electron chi connectivity index (χ2n) is 10.7. The minimum atomic E-state index is -0.647. The van der Waals surface area contributed by atoms with Gasteiger partial charge in [0, 0.05) is 23.5 Å². The average molecular weight is 545 g/mol. The molecule has 0 fully saturated rings. The highest BCUT2D eigenvalue weighted by Crippen LogP contribution is 2.24. The summed E-state index contributed by atoms with van der Waals surface area (Å²) in [5, 5.41) is 0. The van der Waals surface area contributed by atoms with E-state index in [1.54, 1.807) is 6.92 Å². The number of ether oxygens (including phenoxy) is 2. The van der Waals surface area contributed by atoms with Crippen molar-refractivity contribution in [2.75, 3.05) is 6.61 Å². The molecular weight excluding hydrogens is 496 g/mol. The number of hydrogen-bond donors (Lipinski definition) is 0. The summed E-state index contributed by atoms with van der Waals surface area (Å²) >= 11 is 0. The van der Waals surface area contributed by atoms with Crippen molar-refractivity contribution in [1.29, 1.82) is 0 Å². The van der Waals surface area contributed by atoms with Crippen LogP contribution >= 0.6 is 0 Å². The van der Waals surface area contributed by atoms with Crippen LogP contribution in [0.1, 0.15) is 103 Å². The lowest BCUT2D eigenvalue weighted by atomic mass is 10.0. The van der Waals surface area contributed by atoms with Crippen LogP contribution in [0.3, 0.4) is 0 Å². The highest BCUT2D eigenvalue weighted by Gasteiger charge is 2.16. The Labute approximate surface area is 241 Å². The first kappa shape index (κ1) is 31.3. The topological polar surface area (TPSA) is 61.3 Å². The lowest BCUT2D eigenvalue weighted by Gasteiger charge is -2.14. The molecule has 5 heteroatoms. The van der Waals surface area contributed by atoms with Gasteiger partial charge >= 0.3 is 5.97 Å². The molecule has 0 N–H and O–H groups in total. The van der Waals surface area contributed by atoms with Crippen LogP contribution in [0.2, 0.25) is 0 Å². The molecular formula is C35H48N2O3. The van der Waals surface area contributed by atoms with E-state index in [9.17, 15) is 4.79 Å². The number of esters is 1. The van der Waals surface area contributed by atoms with E-state index in [4.69, 9.17) is 9.47 Å². The first-order valence-corrected chi connectivity index (χ1v) is 15.5. The normalized spacial score (nSPS) is 11.8. The van der Waals surface area contributed by atoms with Crippen LogP contribution in [0.15, 0.2) is 60.9 Å². The number of unbranched alkanes of at least 4 members (excludes halogenated alkanes) is 10. The maximum atomic E-state index is 12.0. The fraction of sp³-hybridized carbons (Fsp3) is 0.514. The third-order valence-corrected chi connectivity index (χ3v) is 7.26. The van der Waals surface area contributed by atoms with Crippen LogP contribution in [0.4, 0.5) is 0 Å². The number of nitrogens with zero attached hydrogens (tertiary/aromatic N) is 2. The third kappa shape index (κ3) is 11.1. The summed E-state index contributed by atoms with van der Waals surface area (Å²) in [4.78, 5) is 21.3. The highest BCUT2D eigenvalue weighted by molar-refractivity contribution is 5.74. The number of aromatic nitrogens is 2. The van der Waals surface area contributed by atoms with Crippen molar-refractivity contribution in [1.82, 2.24) is 9.97 Å². The van der Waals surface area contributed by atoms with Crippen molar-refractivity contribution in [3.8, 4) is 28.3 Å². The zero-order valence-corrected chi connectivity index (χ0v) is 24.9. The van der Waals surface area contributed by atoms with E-state index in [1.807, 2.05) is 36.7 Å². The third-order valence-electron chi connectivity index (χ3n) is 7.26. The summed E-state index contributed by atoms with van der Waals surface area (Å²) < 4.78 is 11.0. The largest absolute Gasteiger partial charge is 0.479 e. The summed E-state index contributed by atoms with van der Waals surface area (Å²) in [5.41, 5.74) is 4.33. The number of hydrogen-bond acceptors (Lipinski definition) is 5. The maximum Gasteiger partial charge on any atom is 0.347 e. The second-order valence-corrected chi connectivity index (χ2v) is 10.7. The van der Waals surface area contributed by atoms with Gasteiger partial charge in [-0.15, -0.1) is 0 Å². The van der Waals surface area contributed by atoms with Gasteiger partial charge in [0.1, 0.15) is 5.75 Å². The SMILES string of the molecule is CCCCCCCCCCCCc1ccc(-c2ncc(-c3ccc(OC(C)C(=O)OCCCC)cc3)cn2)cc1. The molecule has 0 aliphatic carbocycles. The number of carbonyl (C=O) groups is 1. The van der Waals surface area contributed by atoms with Crippen molar-refractivity contribution in [3.05, 3.63) is 66.5 Å². The van der Waals surface area contributed by atoms with Gasteiger partial charge in [0.15, 0.2) is 11.9 Å². The summed E-state index contributed by atoms with van der Waals surface area (Å²) in [6.45, 7) is 6.48. The molecule has 3 aromatic rings. The molecule has 3 rings (SSSR count). The predicted molar refractivity (Wildman–Crippen MR) is 164 cm³/mol. The number of aryl methyl sites for hydroxylation is 1. The first-order chi connectivity index (χ1) is 19.6. The lowest BCUT2D eigenvalue weighted by Crippen LogP contribution is -2.26. The van der Waals surface area contributed by atoms with Crippen molar-refractivity contribution in [3.63, 3.8) is 0 Å². The van der Waals surface area contributed by atoms with Crippen LogP contribution in [0.5, 0.6) is 5.75 Å². The second kappa shape index (κ2) is 18.2. The van der Waals surface area contributed by atoms with Crippen LogP contribution < -0.4 is 4.74 Å². The fourth-order valence-corrected chi connectivity index (χ4v) is 4.68. The summed E-state index contributed by atoms with van der Waals surface area (Å²) in [7, 11) is 0. The van der Waals surface area contributed by atoms with E-state index >= 15 is 0 Å². The van der Waals surface area contributed by atoms with E-state index in [1.165, 1.54) is 69.8 Å². The lowest BCUT2D eigenvalue weighted by molar-refractivity contribution is -0.151. The Balaban J connectivity index is 1.41. The van der Waals surface area contributed by atoms with Crippen molar-refractivity contribution in [2.45, 2.75) is 110 Å². The molecule has 0 aliphatic heterocycles. The standard InChI is InChI=1S/C35H48N2O3/c1-4-6-8-9-10-11-12-13-14-15-16-29-17-19-31(20-18-29)34-36-26-32(27-37-34)30-21-23-33(24-22-30)40-28(3)35(38)39-25-7-5-2/h17-24,26-28H,4-16,25H2,1-3H3. The molecule has 0 spiro atoms. The molecule has 0 saturated heterocycles. The Morgan fingerprint density at radius 2 is 1.23 bits per heavy atom. The molecule has 2 aromatic carbocycles. The number of rotatable bonds is 19. The minimum absolute atomic E-state index is 0.339. The minimum Gasteiger partial charge on any atom is -0.479 e. The van der Waals surface area contributed by atoms with Gasteiger partial charge in [0.2, 0.25) is 0 Å². The predicted octanol–water partition coefficient (Wildman–Crippen LogP) is 9.38. The summed E-state index contributed by atoms with van der Waals surface area (Å²) in [6.07, 6.45) is 19.7. The van der Waals surface area contributed by atoms with Crippen LogP contribution in [0.25, 0.3) is 22.5 Å². The number of carbonyl (C=O) groups excluding carboxylic acids is 1. The Kier molecular flexibility index (Phi) is 14.2. The zero-order chi connectivity index (χ0) is 28.4. The maximum absolute atomic E-state index is 12.0. The van der Waals surface area contributed by atoms with Crippen molar-refractivity contribution < 1.29 is 14.3 Å². The molecule has 0 bridgehead atoms. The summed E-state index contributed by atoms with van der Waals surface area (Å²) in [5.74, 6) is 1.01. The molecule has 1 atom stereocenters. The first-order valence-electron chi connectivity index (χ1n) is 15.5. The zero-order valence-electron chi connectivity index (χ0n) is 24.9. The molecule has 40 heavy (non-hydrogen) atoms. The van der Waals surface area contributed by atoms with E-state index in [0.717, 1.165) is 41.8 Å². The van der Waals surface area contributed by atoms with Gasteiger partial charge in [-0.25, -0.2) is 14.8 Å². The monoisotopic (exact) mass is 544 g/mol. The Hall–Kier alpha value is -3.21. The van der Waals surface area contributed by atoms with Gasteiger partial charge in [-0.2, -0.15) is 0 Å². The molecule has 0 radical (unpaired) electrons. The van der Waals surface area contributed by atoms with Gasteiger partial charge < -0.3 is 9.47 Å². The van der Waals surface area contributed by atoms with Crippen molar-refractivity contribution in [2.24, 2.45) is 0 Å². The van der Waals surface area contributed by atoms with Crippen LogP contribution in [0, 0.1) is 0 Å². The Bertz CT molecular complexity index is 1090. The average Bonchev–Trinajstić information content (AvgIpc) is 2.99. The van der Waals surface area contributed by atoms with E-state index in [2.05, 4.69) is 48.1 Å². The van der Waals surface area contributed by atoms with Gasteiger partial charge in [0.25, 0.3) is 0 Å². The molecule has 1 unspecified atom stereocenters.